The average Bonchev–Trinajstić information content (AvgIpc) is 3.69. The molecule has 0 saturated carbocycles. The van der Waals surface area contributed by atoms with Crippen LogP contribution >= 0.6 is 7.82 Å². The maximum absolute atomic E-state index is 12.9. The molecule has 0 rings (SSSR count). The zero-order valence-electron chi connectivity index (χ0n) is 59.5. The number of phosphoric acid groups is 1. The summed E-state index contributed by atoms with van der Waals surface area (Å²) in [4.78, 5) is 35.9. The van der Waals surface area contributed by atoms with Crippen molar-refractivity contribution < 1.29 is 42.1 Å². The fourth-order valence-corrected chi connectivity index (χ4v) is 11.0. The van der Waals surface area contributed by atoms with Crippen molar-refractivity contribution in [1.82, 2.24) is 0 Å². The summed E-state index contributed by atoms with van der Waals surface area (Å²) in [7, 11) is 1.47. The Morgan fingerprint density at radius 2 is 0.626 bits per heavy atom. The molecular formula is C81H141NO8P+. The third-order valence-electron chi connectivity index (χ3n) is 15.9. The number of carbonyl (C=O) groups excluding carboxylic acids is 2. The van der Waals surface area contributed by atoms with Crippen molar-refractivity contribution in [2.75, 3.05) is 47.5 Å². The van der Waals surface area contributed by atoms with Crippen molar-refractivity contribution in [2.45, 2.75) is 322 Å². The maximum atomic E-state index is 12.9. The number of quaternary nitrogens is 1. The van der Waals surface area contributed by atoms with E-state index in [1.54, 1.807) is 0 Å². The molecule has 91 heavy (non-hydrogen) atoms. The van der Waals surface area contributed by atoms with Gasteiger partial charge in [0.1, 0.15) is 19.8 Å². The molecule has 0 aliphatic carbocycles. The van der Waals surface area contributed by atoms with Gasteiger partial charge < -0.3 is 18.9 Å². The van der Waals surface area contributed by atoms with Crippen molar-refractivity contribution >= 4 is 19.8 Å². The minimum atomic E-state index is -4.40. The molecule has 522 valence electrons. The average molecular weight is 1290 g/mol. The molecule has 0 amide bonds. The molecule has 2 unspecified atom stereocenters. The Hall–Kier alpha value is -3.85. The van der Waals surface area contributed by atoms with Gasteiger partial charge in [0.25, 0.3) is 0 Å². The molecule has 10 heteroatoms. The first-order chi connectivity index (χ1) is 44.5. The van der Waals surface area contributed by atoms with Gasteiger partial charge in [-0.2, -0.15) is 0 Å². The molecule has 0 aromatic rings. The number of likely N-dealkylation sites (N-methyl/N-ethyl adjacent to an activating group) is 1. The molecule has 0 fully saturated rings. The first kappa shape index (κ1) is 87.2. The number of hydrogen-bond acceptors (Lipinski definition) is 7. The van der Waals surface area contributed by atoms with Gasteiger partial charge in [-0.15, -0.1) is 0 Å². The van der Waals surface area contributed by atoms with Crippen LogP contribution in [0.3, 0.4) is 0 Å². The largest absolute Gasteiger partial charge is 0.472 e. The highest BCUT2D eigenvalue weighted by atomic mass is 31.2. The maximum Gasteiger partial charge on any atom is 0.472 e. The van der Waals surface area contributed by atoms with Crippen LogP contribution in [-0.2, 0) is 32.7 Å². The van der Waals surface area contributed by atoms with E-state index < -0.39 is 26.5 Å². The number of hydrogen-bond donors (Lipinski definition) is 1. The fourth-order valence-electron chi connectivity index (χ4n) is 10.3. The van der Waals surface area contributed by atoms with Crippen LogP contribution in [0.2, 0.25) is 0 Å². The van der Waals surface area contributed by atoms with E-state index in [1.807, 2.05) is 21.1 Å². The van der Waals surface area contributed by atoms with Gasteiger partial charge in [0.2, 0.25) is 0 Å². The fraction of sp³-hybridized carbons (Fsp3) is 0.704. The SMILES string of the molecule is CC/C=C\C/C=C\C/C=C\C/C=C\C/C=C\C/C=C\C/C=C\C/C=C\C/C=C\C/C=C\C/C=C\CCCCCCCCCC(=O)OC(COC(=O)CCCCCCCCCCCCCCCCCCCCCCCCCCCC)COP(=O)(O)OCC[N+](C)(C)C. The Bertz CT molecular complexity index is 2000. The number of ether oxygens (including phenoxy) is 2. The second-order valence-electron chi connectivity index (χ2n) is 26.0. The molecule has 0 aliphatic rings. The number of carbonyl (C=O) groups is 2. The normalized spacial score (nSPS) is 13.9. The molecule has 0 spiro atoms. The van der Waals surface area contributed by atoms with E-state index in [0.717, 1.165) is 116 Å². The minimum Gasteiger partial charge on any atom is -0.462 e. The molecule has 0 radical (unpaired) electrons. The van der Waals surface area contributed by atoms with Gasteiger partial charge in [-0.3, -0.25) is 18.6 Å². The van der Waals surface area contributed by atoms with Crippen LogP contribution in [0.1, 0.15) is 316 Å². The molecule has 0 saturated heterocycles. The summed E-state index contributed by atoms with van der Waals surface area (Å²) in [5, 5.41) is 0. The number of esters is 2. The van der Waals surface area contributed by atoms with Crippen LogP contribution in [0, 0.1) is 0 Å². The van der Waals surface area contributed by atoms with Crippen LogP contribution in [0.5, 0.6) is 0 Å². The number of nitrogens with zero attached hydrogens (tertiary/aromatic N) is 1. The van der Waals surface area contributed by atoms with Crippen molar-refractivity contribution in [1.29, 1.82) is 0 Å². The van der Waals surface area contributed by atoms with Gasteiger partial charge in [-0.25, -0.2) is 4.57 Å². The lowest BCUT2D eigenvalue weighted by Gasteiger charge is -2.24. The van der Waals surface area contributed by atoms with Gasteiger partial charge in [0.05, 0.1) is 27.7 Å². The smallest absolute Gasteiger partial charge is 0.462 e. The Balaban J connectivity index is 4.09. The van der Waals surface area contributed by atoms with Crippen LogP contribution in [0.15, 0.2) is 134 Å². The third-order valence-corrected chi connectivity index (χ3v) is 16.9. The van der Waals surface area contributed by atoms with Crippen molar-refractivity contribution in [3.63, 3.8) is 0 Å². The summed E-state index contributed by atoms with van der Waals surface area (Å²) >= 11 is 0. The summed E-state index contributed by atoms with van der Waals surface area (Å²) in [6.45, 7) is 4.34. The van der Waals surface area contributed by atoms with Gasteiger partial charge in [0.15, 0.2) is 6.10 Å². The van der Waals surface area contributed by atoms with E-state index in [-0.39, 0.29) is 32.0 Å². The van der Waals surface area contributed by atoms with Crippen LogP contribution in [0.25, 0.3) is 0 Å². The minimum absolute atomic E-state index is 0.0249. The van der Waals surface area contributed by atoms with Crippen LogP contribution in [0.4, 0.5) is 0 Å². The second-order valence-corrected chi connectivity index (χ2v) is 27.4. The lowest BCUT2D eigenvalue weighted by molar-refractivity contribution is -0.870. The summed E-state index contributed by atoms with van der Waals surface area (Å²) in [5.74, 6) is -0.805. The van der Waals surface area contributed by atoms with E-state index in [9.17, 15) is 19.0 Å². The first-order valence-corrected chi connectivity index (χ1v) is 38.9. The second kappa shape index (κ2) is 70.5. The van der Waals surface area contributed by atoms with E-state index in [0.29, 0.717) is 17.4 Å². The van der Waals surface area contributed by atoms with E-state index in [4.69, 9.17) is 18.5 Å². The molecule has 0 bridgehead atoms. The Morgan fingerprint density at radius 1 is 0.352 bits per heavy atom. The molecule has 0 aliphatic heterocycles. The summed E-state index contributed by atoms with van der Waals surface area (Å²) in [6, 6.07) is 0. The van der Waals surface area contributed by atoms with Crippen molar-refractivity contribution in [3.05, 3.63) is 134 Å². The molecule has 1 N–H and O–H groups in total. The molecule has 2 atom stereocenters. The monoisotopic (exact) mass is 1290 g/mol. The molecule has 0 heterocycles. The zero-order chi connectivity index (χ0) is 66.2. The highest BCUT2D eigenvalue weighted by Gasteiger charge is 2.27. The number of phosphoric ester groups is 1. The number of unbranched alkanes of at least 4 members (excludes halogenated alkanes) is 32. The lowest BCUT2D eigenvalue weighted by Crippen LogP contribution is -2.37. The van der Waals surface area contributed by atoms with Crippen molar-refractivity contribution in [3.8, 4) is 0 Å². The molecule has 0 aromatic heterocycles. The van der Waals surface area contributed by atoms with Crippen molar-refractivity contribution in [2.24, 2.45) is 0 Å². The summed E-state index contributed by atoms with van der Waals surface area (Å²) < 4.78 is 34.7. The van der Waals surface area contributed by atoms with Crippen LogP contribution in [-0.4, -0.2) is 74.9 Å². The quantitative estimate of drug-likeness (QED) is 0.0211. The summed E-state index contributed by atoms with van der Waals surface area (Å²) in [5.41, 5.74) is 0. The van der Waals surface area contributed by atoms with Gasteiger partial charge in [0, 0.05) is 12.8 Å². The Labute approximate surface area is 561 Å². The van der Waals surface area contributed by atoms with E-state index in [1.165, 1.54) is 167 Å². The topological polar surface area (TPSA) is 108 Å². The predicted octanol–water partition coefficient (Wildman–Crippen LogP) is 24.8. The van der Waals surface area contributed by atoms with Gasteiger partial charge >= 0.3 is 19.8 Å². The first-order valence-electron chi connectivity index (χ1n) is 37.4. The van der Waals surface area contributed by atoms with Gasteiger partial charge in [-0.05, 0) is 96.3 Å². The summed E-state index contributed by atoms with van der Waals surface area (Å²) in [6.07, 6.45) is 103. The van der Waals surface area contributed by atoms with Gasteiger partial charge in [-0.1, -0.05) is 340 Å². The van der Waals surface area contributed by atoms with E-state index >= 15 is 0 Å². The highest BCUT2D eigenvalue weighted by Crippen LogP contribution is 2.43. The highest BCUT2D eigenvalue weighted by molar-refractivity contribution is 7.47. The molecular weight excluding hydrogens is 1150 g/mol. The lowest BCUT2D eigenvalue weighted by atomic mass is 10.0. The zero-order valence-corrected chi connectivity index (χ0v) is 60.4. The molecule has 0 aromatic carbocycles. The van der Waals surface area contributed by atoms with Crippen LogP contribution < -0.4 is 0 Å². The Kier molecular flexibility index (Phi) is 67.5. The Morgan fingerprint density at radius 3 is 0.934 bits per heavy atom. The number of rotatable bonds is 68. The third kappa shape index (κ3) is 75.1. The molecule has 9 nitrogen and oxygen atoms in total. The number of allylic oxidation sites excluding steroid dienone is 22. The predicted molar refractivity (Wildman–Crippen MR) is 394 cm³/mol. The standard InChI is InChI=1S/C81H140NO8P/c1-6-8-10-12-14-16-18-20-22-24-26-28-30-32-34-35-36-37-38-39-40-41-42-43-44-45-46-47-48-50-52-54-56-58-60-62-64-66-68-70-72-74-81(84)90-79(78-89-91(85,86)88-76-75-82(3,4)5)77-87-80(83)73-71-69-67-65-63-61-59-57-55-53-51-49-33-31-29-27-25-23-21-19-17-15-13-11-9-7-2/h8,10,14,16,20,22,26,28,32,34,36-37,39-40,42-43,45-46,48,50,54,56,79H,6-7,9,11-13,15,17-19,21,23-25,27,29-31,33,35,38,41,44,47,49,51-53,55,57-78H2,1-5H3/p+1/b10-8-,16-14-,22-20-,28-26-,34-32-,37-36-,40-39-,43-42-,46-45-,50-48-,56-54-. The van der Waals surface area contributed by atoms with E-state index in [2.05, 4.69) is 148 Å².